The fourth-order valence-corrected chi connectivity index (χ4v) is 3.86. The Morgan fingerprint density at radius 3 is 3.11 bits per heavy atom. The van der Waals surface area contributed by atoms with Crippen molar-refractivity contribution in [1.29, 1.82) is 0 Å². The van der Waals surface area contributed by atoms with E-state index < -0.39 is 0 Å². The third-order valence-electron chi connectivity index (χ3n) is 4.02. The molecule has 2 saturated heterocycles. The van der Waals surface area contributed by atoms with Gasteiger partial charge in [0.1, 0.15) is 0 Å². The molecule has 96 valence electrons. The van der Waals surface area contributed by atoms with Gasteiger partial charge < -0.3 is 4.90 Å². The number of likely N-dealkylation sites (tertiary alicyclic amines) is 2. The lowest BCUT2D eigenvalue weighted by Gasteiger charge is -2.24. The van der Waals surface area contributed by atoms with Crippen molar-refractivity contribution in [2.75, 3.05) is 13.1 Å². The highest BCUT2D eigenvalue weighted by atomic mass is 32.1. The molecular weight excluding hydrogens is 244 g/mol. The normalized spacial score (nSPS) is 27.8. The Morgan fingerprint density at radius 1 is 1.50 bits per heavy atom. The van der Waals surface area contributed by atoms with Gasteiger partial charge in [-0.2, -0.15) is 11.3 Å². The van der Waals surface area contributed by atoms with E-state index in [1.807, 2.05) is 11.0 Å². The molecule has 2 fully saturated rings. The minimum absolute atomic E-state index is 0.292. The minimum Gasteiger partial charge on any atom is -0.334 e. The van der Waals surface area contributed by atoms with Crippen LogP contribution < -0.4 is 0 Å². The molecule has 3 rings (SSSR count). The second-order valence-corrected chi connectivity index (χ2v) is 5.84. The second kappa shape index (κ2) is 4.86. The predicted molar refractivity (Wildman–Crippen MR) is 73.4 cm³/mol. The first-order valence-corrected chi connectivity index (χ1v) is 7.39. The Bertz CT molecular complexity index is 443. The quantitative estimate of drug-likeness (QED) is 0.776. The number of nitrogens with zero attached hydrogens (tertiary/aromatic N) is 2. The van der Waals surface area contributed by atoms with Crippen LogP contribution in [0.4, 0.5) is 0 Å². The van der Waals surface area contributed by atoms with Crippen molar-refractivity contribution >= 4 is 17.2 Å². The van der Waals surface area contributed by atoms with Gasteiger partial charge in [-0.15, -0.1) is 6.58 Å². The van der Waals surface area contributed by atoms with Gasteiger partial charge >= 0.3 is 0 Å². The second-order valence-electron chi connectivity index (χ2n) is 5.06. The lowest BCUT2D eigenvalue weighted by Crippen LogP contribution is -2.37. The van der Waals surface area contributed by atoms with Crippen LogP contribution in [0.5, 0.6) is 0 Å². The van der Waals surface area contributed by atoms with Gasteiger partial charge in [0.2, 0.25) is 5.91 Å². The standard InChI is InChI=1S/C14H18N2OS/c1-2-5-16-12-3-6-15(13(12)8-14(16)17)9-11-4-7-18-10-11/h2,4,7,10,12-13H,1,3,5-6,8-9H2/t12-,13+/m0/s1. The van der Waals surface area contributed by atoms with E-state index in [4.69, 9.17) is 0 Å². The summed E-state index contributed by atoms with van der Waals surface area (Å²) in [6, 6.07) is 3.00. The number of amides is 1. The highest BCUT2D eigenvalue weighted by Crippen LogP contribution is 2.33. The third kappa shape index (κ3) is 1.99. The average Bonchev–Trinajstić information content (AvgIpc) is 3.03. The number of fused-ring (bicyclic) bond motifs is 1. The van der Waals surface area contributed by atoms with E-state index in [9.17, 15) is 4.79 Å². The number of thiophene rings is 1. The molecule has 0 unspecified atom stereocenters. The molecule has 0 aromatic carbocycles. The lowest BCUT2D eigenvalue weighted by molar-refractivity contribution is -0.128. The first kappa shape index (κ1) is 11.9. The van der Waals surface area contributed by atoms with Crippen molar-refractivity contribution in [2.45, 2.75) is 31.5 Å². The van der Waals surface area contributed by atoms with E-state index in [0.717, 1.165) is 19.5 Å². The van der Waals surface area contributed by atoms with E-state index in [1.165, 1.54) is 5.56 Å². The van der Waals surface area contributed by atoms with Gasteiger partial charge in [-0.3, -0.25) is 9.69 Å². The van der Waals surface area contributed by atoms with Gasteiger partial charge in [0.05, 0.1) is 0 Å². The van der Waals surface area contributed by atoms with Crippen molar-refractivity contribution in [3.63, 3.8) is 0 Å². The van der Waals surface area contributed by atoms with Gasteiger partial charge in [-0.1, -0.05) is 6.08 Å². The molecule has 3 heterocycles. The van der Waals surface area contributed by atoms with Gasteiger partial charge in [-0.25, -0.2) is 0 Å². The molecule has 0 aliphatic carbocycles. The smallest absolute Gasteiger partial charge is 0.224 e. The molecule has 18 heavy (non-hydrogen) atoms. The molecule has 1 aromatic rings. The minimum atomic E-state index is 0.292. The molecule has 2 aliphatic heterocycles. The van der Waals surface area contributed by atoms with Crippen molar-refractivity contribution in [1.82, 2.24) is 9.80 Å². The van der Waals surface area contributed by atoms with Crippen LogP contribution >= 0.6 is 11.3 Å². The summed E-state index contributed by atoms with van der Waals surface area (Å²) in [6.45, 7) is 6.54. The molecule has 2 atom stereocenters. The molecule has 3 nitrogen and oxygen atoms in total. The van der Waals surface area contributed by atoms with Gasteiger partial charge in [0, 0.05) is 38.1 Å². The molecule has 0 saturated carbocycles. The van der Waals surface area contributed by atoms with Gasteiger partial charge in [0.25, 0.3) is 0 Å². The summed E-state index contributed by atoms with van der Waals surface area (Å²) in [7, 11) is 0. The zero-order valence-electron chi connectivity index (χ0n) is 10.4. The Labute approximate surface area is 112 Å². The zero-order valence-corrected chi connectivity index (χ0v) is 11.2. The van der Waals surface area contributed by atoms with Crippen molar-refractivity contribution < 1.29 is 4.79 Å². The molecule has 0 spiro atoms. The maximum Gasteiger partial charge on any atom is 0.224 e. The average molecular weight is 262 g/mol. The first-order chi connectivity index (χ1) is 8.79. The number of carbonyl (C=O) groups excluding carboxylic acids is 1. The van der Waals surface area contributed by atoms with E-state index in [0.29, 0.717) is 31.0 Å². The van der Waals surface area contributed by atoms with Crippen LogP contribution in [0.15, 0.2) is 29.5 Å². The highest BCUT2D eigenvalue weighted by Gasteiger charge is 2.45. The largest absolute Gasteiger partial charge is 0.334 e. The molecule has 4 heteroatoms. The van der Waals surface area contributed by atoms with E-state index in [1.54, 1.807) is 11.3 Å². The topological polar surface area (TPSA) is 23.6 Å². The van der Waals surface area contributed by atoms with Crippen LogP contribution in [0.1, 0.15) is 18.4 Å². The summed E-state index contributed by atoms with van der Waals surface area (Å²) in [4.78, 5) is 16.5. The van der Waals surface area contributed by atoms with Crippen LogP contribution in [-0.4, -0.2) is 40.9 Å². The van der Waals surface area contributed by atoms with Crippen LogP contribution in [-0.2, 0) is 11.3 Å². The highest BCUT2D eigenvalue weighted by molar-refractivity contribution is 7.07. The number of carbonyl (C=O) groups is 1. The fraction of sp³-hybridized carbons (Fsp3) is 0.500. The Morgan fingerprint density at radius 2 is 2.39 bits per heavy atom. The Hall–Kier alpha value is -1.13. The summed E-state index contributed by atoms with van der Waals surface area (Å²) in [5, 5.41) is 4.32. The SMILES string of the molecule is C=CCN1C(=O)C[C@@H]2[C@@H]1CCN2Cc1ccsc1. The van der Waals surface area contributed by atoms with Crippen molar-refractivity contribution in [3.8, 4) is 0 Å². The Balaban J connectivity index is 1.70. The summed E-state index contributed by atoms with van der Waals surface area (Å²) in [5.41, 5.74) is 1.37. The molecule has 0 N–H and O–H groups in total. The van der Waals surface area contributed by atoms with Crippen LogP contribution in [0, 0.1) is 0 Å². The van der Waals surface area contributed by atoms with Gasteiger partial charge in [0.15, 0.2) is 0 Å². The predicted octanol–water partition coefficient (Wildman–Crippen LogP) is 2.11. The van der Waals surface area contributed by atoms with Crippen LogP contribution in [0.25, 0.3) is 0 Å². The zero-order chi connectivity index (χ0) is 12.5. The third-order valence-corrected chi connectivity index (χ3v) is 4.75. The lowest BCUT2D eigenvalue weighted by atomic mass is 10.1. The number of rotatable bonds is 4. The maximum absolute atomic E-state index is 12.0. The maximum atomic E-state index is 12.0. The van der Waals surface area contributed by atoms with Crippen molar-refractivity contribution in [3.05, 3.63) is 35.0 Å². The van der Waals surface area contributed by atoms with E-state index in [-0.39, 0.29) is 0 Å². The molecule has 0 bridgehead atoms. The first-order valence-electron chi connectivity index (χ1n) is 6.45. The number of hydrogen-bond donors (Lipinski definition) is 0. The van der Waals surface area contributed by atoms with E-state index in [2.05, 4.69) is 28.3 Å². The monoisotopic (exact) mass is 262 g/mol. The molecular formula is C14H18N2OS. The fourth-order valence-electron chi connectivity index (χ4n) is 3.20. The van der Waals surface area contributed by atoms with E-state index >= 15 is 0 Å². The van der Waals surface area contributed by atoms with Gasteiger partial charge in [-0.05, 0) is 28.8 Å². The summed E-state index contributed by atoms with van der Waals surface area (Å²) < 4.78 is 0. The Kier molecular flexibility index (Phi) is 3.22. The summed E-state index contributed by atoms with van der Waals surface area (Å²) >= 11 is 1.74. The molecule has 2 aliphatic rings. The number of hydrogen-bond acceptors (Lipinski definition) is 3. The molecule has 0 radical (unpaired) electrons. The molecule has 1 aromatic heterocycles. The molecule has 1 amide bonds. The summed E-state index contributed by atoms with van der Waals surface area (Å²) in [6.07, 6.45) is 3.62. The van der Waals surface area contributed by atoms with Crippen LogP contribution in [0.3, 0.4) is 0 Å². The van der Waals surface area contributed by atoms with Crippen LogP contribution in [0.2, 0.25) is 0 Å². The van der Waals surface area contributed by atoms with Crippen molar-refractivity contribution in [2.24, 2.45) is 0 Å². The summed E-state index contributed by atoms with van der Waals surface area (Å²) in [5.74, 6) is 0.292.